The van der Waals surface area contributed by atoms with Crippen molar-refractivity contribution in [2.75, 3.05) is 0 Å². The van der Waals surface area contributed by atoms with Gasteiger partial charge in [0.05, 0.1) is 16.9 Å². The Kier molecular flexibility index (Phi) is 10.3. The topological polar surface area (TPSA) is 151 Å². The fourth-order valence-corrected chi connectivity index (χ4v) is 3.81. The van der Waals surface area contributed by atoms with E-state index in [1.165, 1.54) is 48.5 Å². The number of non-ortho nitro benzene ring substituents is 1. The Labute approximate surface area is 246 Å². The average Bonchev–Trinajstić information content (AvgIpc) is 3.03. The van der Waals surface area contributed by atoms with E-state index in [-0.39, 0.29) is 35.8 Å². The summed E-state index contributed by atoms with van der Waals surface area (Å²) in [7, 11) is 0. The standard InChI is InChI=1S/C32H26N2O9/c35-29(41-20-22-8-3-1-4-9-22)19-28(32(38)42-21-23-10-5-2-6-11-23)33-30(36)25-12-7-13-27(18-25)43-31(37)24-14-16-26(17-15-24)34(39)40/h1-18,28H,19-21H2,(H,33,36). The lowest BCUT2D eigenvalue weighted by Gasteiger charge is -2.18. The molecule has 11 nitrogen and oxygen atoms in total. The number of hydrogen-bond donors (Lipinski definition) is 1. The molecule has 0 aliphatic heterocycles. The number of nitro groups is 1. The molecule has 0 heterocycles. The number of esters is 3. The van der Waals surface area contributed by atoms with Crippen LogP contribution < -0.4 is 10.1 Å². The number of amides is 1. The number of hydrogen-bond acceptors (Lipinski definition) is 9. The monoisotopic (exact) mass is 582 g/mol. The van der Waals surface area contributed by atoms with Crippen LogP contribution in [-0.2, 0) is 32.3 Å². The molecule has 218 valence electrons. The zero-order valence-corrected chi connectivity index (χ0v) is 22.7. The summed E-state index contributed by atoms with van der Waals surface area (Å²) in [5.41, 5.74) is 1.39. The van der Waals surface area contributed by atoms with Gasteiger partial charge in [-0.15, -0.1) is 0 Å². The van der Waals surface area contributed by atoms with Gasteiger partial charge in [-0.05, 0) is 41.5 Å². The van der Waals surface area contributed by atoms with Gasteiger partial charge in [0.2, 0.25) is 0 Å². The fourth-order valence-electron chi connectivity index (χ4n) is 3.81. The van der Waals surface area contributed by atoms with Gasteiger partial charge in [0.25, 0.3) is 11.6 Å². The van der Waals surface area contributed by atoms with Crippen molar-refractivity contribution in [3.05, 3.63) is 142 Å². The molecule has 0 fully saturated rings. The van der Waals surface area contributed by atoms with E-state index in [1.807, 2.05) is 12.1 Å². The third kappa shape index (κ3) is 9.08. The summed E-state index contributed by atoms with van der Waals surface area (Å²) in [4.78, 5) is 61.5. The quantitative estimate of drug-likeness (QED) is 0.108. The molecule has 0 saturated carbocycles. The molecule has 0 saturated heterocycles. The van der Waals surface area contributed by atoms with Crippen molar-refractivity contribution in [3.8, 4) is 5.75 Å². The van der Waals surface area contributed by atoms with Gasteiger partial charge in [-0.25, -0.2) is 9.59 Å². The van der Waals surface area contributed by atoms with E-state index in [0.29, 0.717) is 0 Å². The minimum Gasteiger partial charge on any atom is -0.461 e. The number of carbonyl (C=O) groups is 4. The second kappa shape index (κ2) is 14.7. The average molecular weight is 583 g/mol. The highest BCUT2D eigenvalue weighted by molar-refractivity contribution is 5.98. The van der Waals surface area contributed by atoms with Crippen LogP contribution >= 0.6 is 0 Å². The maximum absolute atomic E-state index is 13.1. The summed E-state index contributed by atoms with van der Waals surface area (Å²) in [6.45, 7) is -0.0826. The normalized spacial score (nSPS) is 11.1. The number of carbonyl (C=O) groups excluding carboxylic acids is 4. The third-order valence-electron chi connectivity index (χ3n) is 6.05. The summed E-state index contributed by atoms with van der Waals surface area (Å²) in [6, 6.07) is 27.0. The fraction of sp³-hybridized carbons (Fsp3) is 0.125. The van der Waals surface area contributed by atoms with Gasteiger partial charge in [-0.2, -0.15) is 0 Å². The molecule has 1 atom stereocenters. The highest BCUT2D eigenvalue weighted by Crippen LogP contribution is 2.18. The first kappa shape index (κ1) is 30.1. The first-order chi connectivity index (χ1) is 20.8. The molecule has 0 aliphatic carbocycles. The van der Waals surface area contributed by atoms with Crippen LogP contribution in [0.4, 0.5) is 5.69 Å². The minimum atomic E-state index is -1.37. The number of nitrogens with one attached hydrogen (secondary N) is 1. The van der Waals surface area contributed by atoms with Crippen LogP contribution in [0.25, 0.3) is 0 Å². The van der Waals surface area contributed by atoms with Crippen molar-refractivity contribution in [2.45, 2.75) is 25.7 Å². The van der Waals surface area contributed by atoms with Crippen molar-refractivity contribution in [1.82, 2.24) is 5.32 Å². The smallest absolute Gasteiger partial charge is 0.343 e. The molecular formula is C32H26N2O9. The summed E-state index contributed by atoms with van der Waals surface area (Å²) in [5, 5.41) is 13.4. The predicted molar refractivity (Wildman–Crippen MR) is 153 cm³/mol. The van der Waals surface area contributed by atoms with Gasteiger partial charge in [-0.1, -0.05) is 66.7 Å². The van der Waals surface area contributed by atoms with Gasteiger partial charge in [0.15, 0.2) is 0 Å². The number of nitro benzene ring substituents is 1. The molecule has 0 radical (unpaired) electrons. The van der Waals surface area contributed by atoms with E-state index in [0.717, 1.165) is 11.1 Å². The predicted octanol–water partition coefficient (Wildman–Crippen LogP) is 4.79. The second-order valence-electron chi connectivity index (χ2n) is 9.19. The first-order valence-electron chi connectivity index (χ1n) is 13.1. The van der Waals surface area contributed by atoms with E-state index in [4.69, 9.17) is 14.2 Å². The van der Waals surface area contributed by atoms with Crippen molar-refractivity contribution < 1.29 is 38.3 Å². The van der Waals surface area contributed by atoms with E-state index in [9.17, 15) is 29.3 Å². The molecule has 0 aliphatic rings. The molecule has 4 aromatic carbocycles. The minimum absolute atomic E-state index is 0.0123. The molecule has 0 spiro atoms. The number of rotatable bonds is 12. The van der Waals surface area contributed by atoms with Gasteiger partial charge < -0.3 is 19.5 Å². The maximum atomic E-state index is 13.1. The van der Waals surface area contributed by atoms with Crippen LogP contribution in [0.15, 0.2) is 109 Å². The molecule has 4 rings (SSSR count). The van der Waals surface area contributed by atoms with E-state index in [2.05, 4.69) is 5.32 Å². The van der Waals surface area contributed by atoms with E-state index in [1.54, 1.807) is 48.5 Å². The summed E-state index contributed by atoms with van der Waals surface area (Å²) in [5.74, 6) is -3.07. The lowest BCUT2D eigenvalue weighted by atomic mass is 10.1. The molecule has 1 amide bonds. The van der Waals surface area contributed by atoms with Crippen LogP contribution in [-0.4, -0.2) is 34.8 Å². The molecule has 4 aromatic rings. The van der Waals surface area contributed by atoms with E-state index >= 15 is 0 Å². The Morgan fingerprint density at radius 1 is 0.721 bits per heavy atom. The van der Waals surface area contributed by atoms with Gasteiger partial charge in [0, 0.05) is 17.7 Å². The molecule has 1 N–H and O–H groups in total. The first-order valence-corrected chi connectivity index (χ1v) is 13.1. The zero-order chi connectivity index (χ0) is 30.6. The Morgan fingerprint density at radius 3 is 1.93 bits per heavy atom. The van der Waals surface area contributed by atoms with Crippen LogP contribution in [0.1, 0.15) is 38.3 Å². The highest BCUT2D eigenvalue weighted by Gasteiger charge is 2.27. The van der Waals surface area contributed by atoms with Crippen molar-refractivity contribution in [1.29, 1.82) is 0 Å². The van der Waals surface area contributed by atoms with Crippen LogP contribution in [0.2, 0.25) is 0 Å². The third-order valence-corrected chi connectivity index (χ3v) is 6.05. The van der Waals surface area contributed by atoms with Crippen LogP contribution in [0, 0.1) is 10.1 Å². The summed E-state index contributed by atoms with van der Waals surface area (Å²) < 4.78 is 16.0. The van der Waals surface area contributed by atoms with Gasteiger partial charge >= 0.3 is 17.9 Å². The van der Waals surface area contributed by atoms with Gasteiger partial charge in [-0.3, -0.25) is 19.7 Å². The van der Waals surface area contributed by atoms with Crippen molar-refractivity contribution in [3.63, 3.8) is 0 Å². The number of nitrogens with zero attached hydrogens (tertiary/aromatic N) is 1. The summed E-state index contributed by atoms with van der Waals surface area (Å²) >= 11 is 0. The largest absolute Gasteiger partial charge is 0.461 e. The molecular weight excluding hydrogens is 556 g/mol. The SMILES string of the molecule is O=C(CC(NC(=O)c1cccc(OC(=O)c2ccc([N+](=O)[O-])cc2)c1)C(=O)OCc1ccccc1)OCc1ccccc1. The molecule has 11 heteroatoms. The Bertz CT molecular complexity index is 1590. The highest BCUT2D eigenvalue weighted by atomic mass is 16.6. The van der Waals surface area contributed by atoms with E-state index < -0.39 is 41.2 Å². The Morgan fingerprint density at radius 2 is 1.33 bits per heavy atom. The summed E-state index contributed by atoms with van der Waals surface area (Å²) in [6.07, 6.45) is -0.485. The van der Waals surface area contributed by atoms with Crippen molar-refractivity contribution >= 4 is 29.5 Å². The zero-order valence-electron chi connectivity index (χ0n) is 22.7. The second-order valence-corrected chi connectivity index (χ2v) is 9.19. The number of ether oxygens (including phenoxy) is 3. The van der Waals surface area contributed by atoms with Crippen LogP contribution in [0.3, 0.4) is 0 Å². The Balaban J connectivity index is 1.43. The van der Waals surface area contributed by atoms with Crippen LogP contribution in [0.5, 0.6) is 5.75 Å². The molecule has 0 bridgehead atoms. The lowest BCUT2D eigenvalue weighted by Crippen LogP contribution is -2.43. The molecule has 1 unspecified atom stereocenters. The lowest BCUT2D eigenvalue weighted by molar-refractivity contribution is -0.384. The van der Waals surface area contributed by atoms with Gasteiger partial charge in [0.1, 0.15) is 25.0 Å². The number of benzene rings is 4. The molecule has 0 aromatic heterocycles. The maximum Gasteiger partial charge on any atom is 0.343 e. The molecule has 43 heavy (non-hydrogen) atoms. The Hall–Kier alpha value is -5.84. The van der Waals surface area contributed by atoms with Crippen molar-refractivity contribution in [2.24, 2.45) is 0 Å².